The van der Waals surface area contributed by atoms with Crippen molar-refractivity contribution in [2.45, 2.75) is 18.9 Å². The molecule has 5 heterocycles. The van der Waals surface area contributed by atoms with Gasteiger partial charge in [0.15, 0.2) is 0 Å². The molecular formula is C29H28N6O5. The third-order valence-corrected chi connectivity index (χ3v) is 6.96. The Labute approximate surface area is 230 Å². The number of fused-ring (bicyclic) bond motifs is 6. The molecule has 3 aliphatic rings. The van der Waals surface area contributed by atoms with E-state index < -0.39 is 6.04 Å². The molecule has 1 N–H and O–H groups in total. The fourth-order valence-corrected chi connectivity index (χ4v) is 5.09. The van der Waals surface area contributed by atoms with Gasteiger partial charge in [0.05, 0.1) is 31.5 Å². The van der Waals surface area contributed by atoms with Crippen LogP contribution in [0.2, 0.25) is 0 Å². The van der Waals surface area contributed by atoms with E-state index in [9.17, 15) is 9.59 Å². The molecule has 4 aromatic rings. The van der Waals surface area contributed by atoms with Gasteiger partial charge < -0.3 is 24.4 Å². The van der Waals surface area contributed by atoms with Crippen LogP contribution in [0.25, 0.3) is 0 Å². The molecule has 3 aliphatic heterocycles. The Kier molecular flexibility index (Phi) is 6.77. The number of nitrogens with zero attached hydrogens (tertiary/aromatic N) is 5. The number of hydrogen-bond donors (Lipinski definition) is 1. The minimum atomic E-state index is -0.396. The first-order valence-electron chi connectivity index (χ1n) is 13.0. The van der Waals surface area contributed by atoms with Crippen LogP contribution in [0.4, 0.5) is 0 Å². The number of ether oxygens (including phenoxy) is 3. The van der Waals surface area contributed by atoms with Crippen molar-refractivity contribution in [1.29, 1.82) is 0 Å². The predicted molar refractivity (Wildman–Crippen MR) is 144 cm³/mol. The topological polar surface area (TPSA) is 121 Å². The highest BCUT2D eigenvalue weighted by Crippen LogP contribution is 2.39. The molecule has 0 radical (unpaired) electrons. The van der Waals surface area contributed by atoms with Gasteiger partial charge >= 0.3 is 6.01 Å². The lowest BCUT2D eigenvalue weighted by atomic mass is 9.87. The van der Waals surface area contributed by atoms with Crippen molar-refractivity contribution in [2.75, 3.05) is 26.8 Å². The lowest BCUT2D eigenvalue weighted by molar-refractivity contribution is 0.0681. The summed E-state index contributed by atoms with van der Waals surface area (Å²) in [6.07, 6.45) is 4.31. The lowest BCUT2D eigenvalue weighted by Crippen LogP contribution is -2.41. The fourth-order valence-electron chi connectivity index (χ4n) is 5.09. The molecule has 11 heteroatoms. The number of amides is 2. The number of nitrogens with one attached hydrogen (secondary N) is 1. The second-order valence-electron chi connectivity index (χ2n) is 9.60. The molecule has 2 aromatic heterocycles. The van der Waals surface area contributed by atoms with Crippen molar-refractivity contribution < 1.29 is 23.8 Å². The van der Waals surface area contributed by atoms with Gasteiger partial charge in [0.2, 0.25) is 5.82 Å². The van der Waals surface area contributed by atoms with E-state index in [4.69, 9.17) is 14.2 Å². The molecule has 0 fully saturated rings. The van der Waals surface area contributed by atoms with Gasteiger partial charge in [-0.15, -0.1) is 5.10 Å². The molecule has 11 nitrogen and oxygen atoms in total. The molecule has 7 rings (SSSR count). The Hall–Kier alpha value is -4.93. The highest BCUT2D eigenvalue weighted by molar-refractivity contribution is 5.94. The van der Waals surface area contributed by atoms with Crippen LogP contribution < -0.4 is 19.5 Å². The van der Waals surface area contributed by atoms with Gasteiger partial charge in [-0.25, -0.2) is 4.68 Å². The number of carbonyl (C=O) groups is 2. The Morgan fingerprint density at radius 3 is 2.85 bits per heavy atom. The molecule has 2 amide bonds. The van der Waals surface area contributed by atoms with Gasteiger partial charge in [-0.05, 0) is 59.9 Å². The average molecular weight is 541 g/mol. The van der Waals surface area contributed by atoms with Gasteiger partial charge in [0, 0.05) is 26.3 Å². The Balaban J connectivity index is 1.42. The van der Waals surface area contributed by atoms with E-state index in [-0.39, 0.29) is 23.6 Å². The van der Waals surface area contributed by atoms with E-state index in [1.54, 1.807) is 24.2 Å². The summed E-state index contributed by atoms with van der Waals surface area (Å²) in [5, 5.41) is 7.19. The summed E-state index contributed by atoms with van der Waals surface area (Å²) in [5.74, 6) is 1.32. The molecule has 1 atom stereocenters. The number of methoxy groups -OCH3 is 1. The average Bonchev–Trinajstić information content (AvgIpc) is 3.36. The zero-order chi connectivity index (χ0) is 27.6. The molecule has 1 unspecified atom stereocenters. The van der Waals surface area contributed by atoms with Crippen molar-refractivity contribution >= 4 is 11.8 Å². The third-order valence-electron chi connectivity index (χ3n) is 6.96. The first kappa shape index (κ1) is 25.4. The number of aromatic nitrogens is 4. The predicted octanol–water partition coefficient (Wildman–Crippen LogP) is 3.31. The summed E-state index contributed by atoms with van der Waals surface area (Å²) in [4.78, 5) is 36.6. The number of benzene rings is 2. The molecule has 0 aliphatic carbocycles. The van der Waals surface area contributed by atoms with E-state index in [0.29, 0.717) is 55.4 Å². The van der Waals surface area contributed by atoms with Gasteiger partial charge in [-0.3, -0.25) is 14.6 Å². The monoisotopic (exact) mass is 540 g/mol. The number of hydrogen-bond acceptors (Lipinski definition) is 8. The van der Waals surface area contributed by atoms with Crippen LogP contribution in [-0.2, 0) is 13.5 Å². The summed E-state index contributed by atoms with van der Waals surface area (Å²) in [6.45, 7) is 1.30. The summed E-state index contributed by atoms with van der Waals surface area (Å²) >= 11 is 0. The molecule has 204 valence electrons. The number of carbonyl (C=O) groups excluding carboxylic acids is 2. The third kappa shape index (κ3) is 4.93. The van der Waals surface area contributed by atoms with E-state index in [1.807, 2.05) is 42.5 Å². The highest BCUT2D eigenvalue weighted by atomic mass is 16.5. The Bertz CT molecular complexity index is 1580. The van der Waals surface area contributed by atoms with E-state index in [2.05, 4.69) is 20.4 Å². The van der Waals surface area contributed by atoms with Gasteiger partial charge in [0.25, 0.3) is 11.8 Å². The van der Waals surface area contributed by atoms with Crippen LogP contribution >= 0.6 is 0 Å². The quantitative estimate of drug-likeness (QED) is 0.411. The largest absolute Gasteiger partial charge is 0.494 e. The molecule has 2 aromatic carbocycles. The van der Waals surface area contributed by atoms with Crippen molar-refractivity contribution in [3.8, 4) is 23.3 Å². The van der Waals surface area contributed by atoms with Crippen LogP contribution in [0.15, 0.2) is 60.9 Å². The number of pyridine rings is 1. The van der Waals surface area contributed by atoms with Gasteiger partial charge in [0.1, 0.15) is 17.2 Å². The van der Waals surface area contributed by atoms with Crippen molar-refractivity contribution in [2.24, 2.45) is 7.05 Å². The van der Waals surface area contributed by atoms with E-state index >= 15 is 0 Å². The highest BCUT2D eigenvalue weighted by Gasteiger charge is 2.35. The second kappa shape index (κ2) is 10.7. The van der Waals surface area contributed by atoms with Crippen LogP contribution in [0.5, 0.6) is 23.3 Å². The molecule has 0 saturated carbocycles. The summed E-state index contributed by atoms with van der Waals surface area (Å²) in [7, 11) is 3.18. The molecule has 8 bridgehead atoms. The Morgan fingerprint density at radius 1 is 1.10 bits per heavy atom. The van der Waals surface area contributed by atoms with Crippen LogP contribution in [0.1, 0.15) is 50.1 Å². The van der Waals surface area contributed by atoms with Crippen molar-refractivity contribution in [1.82, 2.24) is 30.0 Å². The van der Waals surface area contributed by atoms with E-state index in [1.165, 1.54) is 18.0 Å². The molecule has 0 saturated heterocycles. The minimum absolute atomic E-state index is 0.0732. The van der Waals surface area contributed by atoms with Crippen LogP contribution in [0.3, 0.4) is 0 Å². The van der Waals surface area contributed by atoms with Gasteiger partial charge in [-0.2, -0.15) is 4.98 Å². The van der Waals surface area contributed by atoms with Crippen LogP contribution in [-0.4, -0.2) is 63.3 Å². The maximum atomic E-state index is 13.8. The maximum Gasteiger partial charge on any atom is 0.314 e. The van der Waals surface area contributed by atoms with Gasteiger partial charge in [-0.1, -0.05) is 18.2 Å². The smallest absolute Gasteiger partial charge is 0.314 e. The molecular weight excluding hydrogens is 512 g/mol. The molecule has 40 heavy (non-hydrogen) atoms. The zero-order valence-electron chi connectivity index (χ0n) is 22.2. The maximum absolute atomic E-state index is 13.8. The van der Waals surface area contributed by atoms with Crippen molar-refractivity contribution in [3.05, 3.63) is 89.0 Å². The zero-order valence-corrected chi connectivity index (χ0v) is 22.2. The second-order valence-corrected chi connectivity index (χ2v) is 9.60. The van der Waals surface area contributed by atoms with Crippen LogP contribution in [0, 0.1) is 0 Å². The minimum Gasteiger partial charge on any atom is -0.494 e. The summed E-state index contributed by atoms with van der Waals surface area (Å²) < 4.78 is 18.8. The Morgan fingerprint density at radius 2 is 2.00 bits per heavy atom. The first-order chi connectivity index (χ1) is 19.5. The lowest BCUT2D eigenvalue weighted by Gasteiger charge is -2.37. The summed E-state index contributed by atoms with van der Waals surface area (Å²) in [6, 6.07) is 15.1. The number of rotatable bonds is 2. The number of aryl methyl sites for hydroxylation is 1. The fraction of sp³-hybridized carbons (Fsp3) is 0.276. The standard InChI is InChI=1S/C29H28N6O5/c1-34-29(38-2)32-26(33-34)28(37)35-11-9-18-13-22-7-8-24(18)25(35)19-5-3-6-21(14-19)39-12-4-10-31-27(36)20-15-23(40-22)17-30-16-20/h3,5-8,13-17,25H,4,9-12H2,1-2H3,(H,31,36). The first-order valence-corrected chi connectivity index (χ1v) is 13.0. The van der Waals surface area contributed by atoms with Crippen molar-refractivity contribution in [3.63, 3.8) is 0 Å². The SMILES string of the molecule is COc1nc(C(=O)N2CCc3cc4ccc3C2c2cccc(c2)OCCCNC(=O)c2cncc(c2)O4)nn1C. The summed E-state index contributed by atoms with van der Waals surface area (Å²) in [5.41, 5.74) is 3.33. The van der Waals surface area contributed by atoms with E-state index in [0.717, 1.165) is 16.7 Å². The molecule has 0 spiro atoms. The normalized spacial score (nSPS) is 16.7.